The number of fused-ring (bicyclic) bond motifs is 1. The molecule has 3 rings (SSSR count). The van der Waals surface area contributed by atoms with Gasteiger partial charge < -0.3 is 9.52 Å². The lowest BCUT2D eigenvalue weighted by Gasteiger charge is -2.01. The maximum absolute atomic E-state index is 12.2. The van der Waals surface area contributed by atoms with E-state index in [2.05, 4.69) is 0 Å². The molecule has 0 saturated carbocycles. The summed E-state index contributed by atoms with van der Waals surface area (Å²) in [6, 6.07) is 12.0. The van der Waals surface area contributed by atoms with Crippen LogP contribution in [0.15, 0.2) is 59.2 Å². The first kappa shape index (κ1) is 13.5. The van der Waals surface area contributed by atoms with Crippen molar-refractivity contribution < 1.29 is 14.3 Å². The number of aromatic hydroxyl groups is 1. The van der Waals surface area contributed by atoms with Crippen molar-refractivity contribution in [3.63, 3.8) is 0 Å². The summed E-state index contributed by atoms with van der Waals surface area (Å²) in [7, 11) is 0. The molecule has 3 nitrogen and oxygen atoms in total. The third-order valence-electron chi connectivity index (χ3n) is 3.19. The first-order valence-corrected chi connectivity index (χ1v) is 6.71. The second-order valence-electron chi connectivity index (χ2n) is 4.51. The molecule has 0 amide bonds. The van der Waals surface area contributed by atoms with Crippen LogP contribution in [0.5, 0.6) is 5.75 Å². The Morgan fingerprint density at radius 2 is 1.95 bits per heavy atom. The van der Waals surface area contributed by atoms with Gasteiger partial charge in [-0.05, 0) is 42.0 Å². The normalized spacial score (nSPS) is 11.3. The lowest BCUT2D eigenvalue weighted by Crippen LogP contribution is -1.94. The molecule has 4 heteroatoms. The van der Waals surface area contributed by atoms with Crippen molar-refractivity contribution in [2.24, 2.45) is 0 Å². The quantitative estimate of drug-likeness (QED) is 0.564. The second kappa shape index (κ2) is 5.46. The first-order chi connectivity index (χ1) is 10.2. The summed E-state index contributed by atoms with van der Waals surface area (Å²) in [5.74, 6) is -0.370. The van der Waals surface area contributed by atoms with E-state index in [0.717, 1.165) is 5.56 Å². The fourth-order valence-corrected chi connectivity index (χ4v) is 2.29. The summed E-state index contributed by atoms with van der Waals surface area (Å²) < 4.78 is 5.17. The van der Waals surface area contributed by atoms with E-state index >= 15 is 0 Å². The molecular weight excluding hydrogens is 288 g/mol. The van der Waals surface area contributed by atoms with Crippen molar-refractivity contribution in [1.82, 2.24) is 0 Å². The average molecular weight is 299 g/mol. The highest BCUT2D eigenvalue weighted by Crippen LogP contribution is 2.30. The Balaban J connectivity index is 1.94. The number of ketones is 1. The Kier molecular flexibility index (Phi) is 3.50. The van der Waals surface area contributed by atoms with Crippen LogP contribution in [0.1, 0.15) is 15.9 Å². The molecule has 0 radical (unpaired) electrons. The van der Waals surface area contributed by atoms with Gasteiger partial charge in [-0.25, -0.2) is 0 Å². The Bertz CT molecular complexity index is 846. The zero-order valence-corrected chi connectivity index (χ0v) is 11.7. The third-order valence-corrected chi connectivity index (χ3v) is 3.54. The predicted octanol–water partition coefficient (Wildman–Crippen LogP) is 4.69. The zero-order valence-electron chi connectivity index (χ0n) is 10.9. The molecule has 104 valence electrons. The lowest BCUT2D eigenvalue weighted by molar-refractivity contribution is 0.104. The SMILES string of the molecule is O=C(C=Cc1ccccc1Cl)c1ccc2occc2c1O. The van der Waals surface area contributed by atoms with Gasteiger partial charge in [0.05, 0.1) is 17.2 Å². The van der Waals surface area contributed by atoms with Gasteiger partial charge in [0.1, 0.15) is 11.3 Å². The summed E-state index contributed by atoms with van der Waals surface area (Å²) in [6.07, 6.45) is 4.49. The van der Waals surface area contributed by atoms with E-state index in [1.165, 1.54) is 12.3 Å². The van der Waals surface area contributed by atoms with Crippen LogP contribution in [0.2, 0.25) is 5.02 Å². The Hall–Kier alpha value is -2.52. The highest BCUT2D eigenvalue weighted by atomic mass is 35.5. The van der Waals surface area contributed by atoms with Gasteiger partial charge in [-0.2, -0.15) is 0 Å². The summed E-state index contributed by atoms with van der Waals surface area (Å²) in [4.78, 5) is 12.2. The molecule has 1 heterocycles. The molecule has 1 N–H and O–H groups in total. The van der Waals surface area contributed by atoms with Gasteiger partial charge in [0.2, 0.25) is 0 Å². The number of furan rings is 1. The highest BCUT2D eigenvalue weighted by molar-refractivity contribution is 6.32. The molecule has 0 aliphatic carbocycles. The van der Waals surface area contributed by atoms with Crippen molar-refractivity contribution >= 4 is 34.4 Å². The minimum atomic E-state index is -0.296. The standard InChI is InChI=1S/C17H11ClO3/c18-14-4-2-1-3-11(14)5-7-15(19)12-6-8-16-13(17(12)20)9-10-21-16/h1-10,20H. The number of carbonyl (C=O) groups is 1. The zero-order chi connectivity index (χ0) is 14.8. The van der Waals surface area contributed by atoms with E-state index in [9.17, 15) is 9.90 Å². The summed E-state index contributed by atoms with van der Waals surface area (Å²) in [6.45, 7) is 0. The van der Waals surface area contributed by atoms with Gasteiger partial charge >= 0.3 is 0 Å². The van der Waals surface area contributed by atoms with Gasteiger partial charge in [-0.1, -0.05) is 29.8 Å². The van der Waals surface area contributed by atoms with E-state index in [4.69, 9.17) is 16.0 Å². The lowest BCUT2D eigenvalue weighted by atomic mass is 10.1. The maximum Gasteiger partial charge on any atom is 0.189 e. The minimum Gasteiger partial charge on any atom is -0.506 e. The number of allylic oxidation sites excluding steroid dienone is 1. The van der Waals surface area contributed by atoms with Crippen LogP contribution in [0.4, 0.5) is 0 Å². The van der Waals surface area contributed by atoms with Gasteiger partial charge in [0.25, 0.3) is 0 Å². The van der Waals surface area contributed by atoms with Crippen LogP contribution in [-0.2, 0) is 0 Å². The van der Waals surface area contributed by atoms with E-state index in [1.807, 2.05) is 18.2 Å². The Morgan fingerprint density at radius 3 is 2.76 bits per heavy atom. The van der Waals surface area contributed by atoms with Crippen molar-refractivity contribution in [2.45, 2.75) is 0 Å². The van der Waals surface area contributed by atoms with Gasteiger partial charge in [-0.15, -0.1) is 0 Å². The van der Waals surface area contributed by atoms with E-state index in [-0.39, 0.29) is 17.1 Å². The molecule has 2 aromatic carbocycles. The number of halogens is 1. The molecule has 0 fully saturated rings. The second-order valence-corrected chi connectivity index (χ2v) is 4.92. The molecule has 0 saturated heterocycles. The molecule has 21 heavy (non-hydrogen) atoms. The molecule has 1 aromatic heterocycles. The number of hydrogen-bond donors (Lipinski definition) is 1. The van der Waals surface area contributed by atoms with Gasteiger partial charge in [0.15, 0.2) is 5.78 Å². The van der Waals surface area contributed by atoms with Gasteiger partial charge in [-0.3, -0.25) is 4.79 Å². The average Bonchev–Trinajstić information content (AvgIpc) is 2.96. The van der Waals surface area contributed by atoms with Crippen LogP contribution in [-0.4, -0.2) is 10.9 Å². The molecule has 0 unspecified atom stereocenters. The third kappa shape index (κ3) is 2.56. The van der Waals surface area contributed by atoms with E-state index in [1.54, 1.807) is 30.3 Å². The van der Waals surface area contributed by atoms with Crippen molar-refractivity contribution in [3.8, 4) is 5.75 Å². The van der Waals surface area contributed by atoms with Crippen LogP contribution >= 0.6 is 11.6 Å². The number of carbonyl (C=O) groups excluding carboxylic acids is 1. The fraction of sp³-hybridized carbons (Fsp3) is 0. The summed E-state index contributed by atoms with van der Waals surface area (Å²) in [5, 5.41) is 11.2. The van der Waals surface area contributed by atoms with E-state index < -0.39 is 0 Å². The van der Waals surface area contributed by atoms with Crippen molar-refractivity contribution in [3.05, 3.63) is 71.0 Å². The van der Waals surface area contributed by atoms with Crippen LogP contribution in [0.25, 0.3) is 17.0 Å². The van der Waals surface area contributed by atoms with Crippen LogP contribution in [0.3, 0.4) is 0 Å². The predicted molar refractivity (Wildman–Crippen MR) is 82.7 cm³/mol. The Labute approximate surface area is 126 Å². The summed E-state index contributed by atoms with van der Waals surface area (Å²) in [5.41, 5.74) is 1.52. The number of rotatable bonds is 3. The highest BCUT2D eigenvalue weighted by Gasteiger charge is 2.13. The van der Waals surface area contributed by atoms with Crippen LogP contribution in [0, 0.1) is 0 Å². The number of hydrogen-bond acceptors (Lipinski definition) is 3. The van der Waals surface area contributed by atoms with Gasteiger partial charge in [0, 0.05) is 5.02 Å². The topological polar surface area (TPSA) is 50.4 Å². The Morgan fingerprint density at radius 1 is 1.14 bits per heavy atom. The number of phenols is 1. The molecule has 0 bridgehead atoms. The minimum absolute atomic E-state index is 0.0740. The molecule has 0 atom stereocenters. The summed E-state index contributed by atoms with van der Waals surface area (Å²) >= 11 is 6.02. The smallest absolute Gasteiger partial charge is 0.189 e. The first-order valence-electron chi connectivity index (χ1n) is 6.33. The van der Waals surface area contributed by atoms with Crippen LogP contribution < -0.4 is 0 Å². The molecule has 0 aliphatic rings. The fourth-order valence-electron chi connectivity index (χ4n) is 2.09. The van der Waals surface area contributed by atoms with Crippen molar-refractivity contribution in [2.75, 3.05) is 0 Å². The number of phenolic OH excluding ortho intramolecular Hbond substituents is 1. The van der Waals surface area contributed by atoms with E-state index in [0.29, 0.717) is 16.0 Å². The van der Waals surface area contributed by atoms with Crippen molar-refractivity contribution in [1.29, 1.82) is 0 Å². The molecule has 0 spiro atoms. The molecular formula is C17H11ClO3. The maximum atomic E-state index is 12.2. The largest absolute Gasteiger partial charge is 0.506 e. The molecule has 3 aromatic rings. The number of benzene rings is 2. The molecule has 0 aliphatic heterocycles. The monoisotopic (exact) mass is 298 g/mol.